The number of halogens is 1. The van der Waals surface area contributed by atoms with E-state index in [1.807, 2.05) is 5.38 Å². The minimum absolute atomic E-state index is 0.288. The van der Waals surface area contributed by atoms with E-state index < -0.39 is 5.97 Å². The molecular formula is C22H23ClN4O3S. The topological polar surface area (TPSA) is 76.5 Å². The first-order chi connectivity index (χ1) is 15.0. The lowest BCUT2D eigenvalue weighted by molar-refractivity contribution is 0.0600. The van der Waals surface area contributed by atoms with E-state index in [2.05, 4.69) is 15.0 Å². The molecule has 1 amide bonds. The molecule has 1 aliphatic heterocycles. The molecule has 4 rings (SSSR count). The van der Waals surface area contributed by atoms with Crippen LogP contribution in [0.25, 0.3) is 0 Å². The van der Waals surface area contributed by atoms with Crippen LogP contribution in [0.1, 0.15) is 45.8 Å². The molecule has 0 bridgehead atoms. The van der Waals surface area contributed by atoms with Crippen LogP contribution in [0, 0.1) is 0 Å². The Kier molecular flexibility index (Phi) is 6.58. The predicted octanol–water partition coefficient (Wildman–Crippen LogP) is 4.68. The number of amides is 1. The highest BCUT2D eigenvalue weighted by Crippen LogP contribution is 2.25. The average Bonchev–Trinajstić information content (AvgIpc) is 3.41. The number of rotatable bonds is 6. The largest absolute Gasteiger partial charge is 0.465 e. The molecular weight excluding hydrogens is 436 g/mol. The van der Waals surface area contributed by atoms with Crippen molar-refractivity contribution in [3.8, 4) is 0 Å². The van der Waals surface area contributed by atoms with Crippen molar-refractivity contribution in [3.05, 3.63) is 63.9 Å². The molecule has 162 valence electrons. The number of anilines is 2. The van der Waals surface area contributed by atoms with Gasteiger partial charge in [0.25, 0.3) is 5.91 Å². The third-order valence-corrected chi connectivity index (χ3v) is 6.32. The van der Waals surface area contributed by atoms with Gasteiger partial charge in [-0.2, -0.15) is 0 Å². The van der Waals surface area contributed by atoms with Gasteiger partial charge in [-0.15, -0.1) is 11.3 Å². The molecule has 0 spiro atoms. The highest BCUT2D eigenvalue weighted by Gasteiger charge is 2.17. The molecule has 1 aliphatic rings. The summed E-state index contributed by atoms with van der Waals surface area (Å²) in [6.45, 7) is 2.55. The van der Waals surface area contributed by atoms with Crippen molar-refractivity contribution in [3.63, 3.8) is 0 Å². The number of methoxy groups -OCH3 is 1. The summed E-state index contributed by atoms with van der Waals surface area (Å²) >= 11 is 7.83. The van der Waals surface area contributed by atoms with Gasteiger partial charge in [-0.05, 0) is 49.6 Å². The molecule has 7 nitrogen and oxygen atoms in total. The van der Waals surface area contributed by atoms with E-state index in [9.17, 15) is 9.59 Å². The number of thiazole rings is 1. The zero-order valence-corrected chi connectivity index (χ0v) is 18.7. The van der Waals surface area contributed by atoms with E-state index >= 15 is 0 Å². The highest BCUT2D eigenvalue weighted by molar-refractivity contribution is 7.13. The van der Waals surface area contributed by atoms with E-state index in [1.165, 1.54) is 26.4 Å². The van der Waals surface area contributed by atoms with Gasteiger partial charge in [0.2, 0.25) is 0 Å². The van der Waals surface area contributed by atoms with Crippen LogP contribution < -0.4 is 10.2 Å². The molecule has 3 heterocycles. The Labute approximate surface area is 189 Å². The van der Waals surface area contributed by atoms with Crippen molar-refractivity contribution in [2.45, 2.75) is 25.8 Å². The normalized spacial score (nSPS) is 13.8. The van der Waals surface area contributed by atoms with Crippen molar-refractivity contribution in [1.29, 1.82) is 0 Å². The third-order valence-electron chi connectivity index (χ3n) is 5.16. The van der Waals surface area contributed by atoms with E-state index in [-0.39, 0.29) is 5.91 Å². The molecule has 0 atom stereocenters. The Bertz CT molecular complexity index is 1070. The minimum Gasteiger partial charge on any atom is -0.465 e. The lowest BCUT2D eigenvalue weighted by Crippen LogP contribution is -2.29. The van der Waals surface area contributed by atoms with Crippen LogP contribution in [-0.2, 0) is 11.3 Å². The van der Waals surface area contributed by atoms with Crippen LogP contribution in [0.3, 0.4) is 0 Å². The molecule has 0 aliphatic carbocycles. The molecule has 0 radical (unpaired) electrons. The molecule has 1 saturated heterocycles. The molecule has 3 aromatic rings. The standard InChI is InChI=1S/C22H23ClN4O3S/c1-30-21(29)15-5-7-17(8-6-15)24-20(28)19-11-16(23)12-27(19)13-18-14-31-22(25-18)26-9-3-2-4-10-26/h5-8,11-12,14H,2-4,9-10,13H2,1H3,(H,24,28). The molecule has 2 aromatic heterocycles. The third kappa shape index (κ3) is 5.08. The SMILES string of the molecule is COC(=O)c1ccc(NC(=O)c2cc(Cl)cn2Cc2csc(N3CCCCC3)n2)cc1. The summed E-state index contributed by atoms with van der Waals surface area (Å²) in [7, 11) is 1.33. The van der Waals surface area contributed by atoms with Gasteiger partial charge in [0, 0.05) is 30.4 Å². The maximum atomic E-state index is 12.9. The monoisotopic (exact) mass is 458 g/mol. The summed E-state index contributed by atoms with van der Waals surface area (Å²) in [4.78, 5) is 31.5. The number of nitrogens with zero attached hydrogens (tertiary/aromatic N) is 3. The quantitative estimate of drug-likeness (QED) is 0.543. The summed E-state index contributed by atoms with van der Waals surface area (Å²) in [5.41, 5.74) is 2.33. The Hall–Kier alpha value is -2.84. The zero-order chi connectivity index (χ0) is 21.8. The summed E-state index contributed by atoms with van der Waals surface area (Å²) in [5.74, 6) is -0.713. The van der Waals surface area contributed by atoms with Crippen LogP contribution in [0.15, 0.2) is 41.9 Å². The van der Waals surface area contributed by atoms with Crippen LogP contribution in [0.2, 0.25) is 5.02 Å². The Morgan fingerprint density at radius 1 is 1.19 bits per heavy atom. The first kappa shape index (κ1) is 21.4. The summed E-state index contributed by atoms with van der Waals surface area (Å²) in [6, 6.07) is 8.15. The number of hydrogen-bond donors (Lipinski definition) is 1. The first-order valence-corrected chi connectivity index (χ1v) is 11.3. The smallest absolute Gasteiger partial charge is 0.337 e. The Morgan fingerprint density at radius 3 is 2.65 bits per heavy atom. The lowest BCUT2D eigenvalue weighted by Gasteiger charge is -2.25. The maximum absolute atomic E-state index is 12.9. The molecule has 1 fully saturated rings. The Balaban J connectivity index is 1.46. The second-order valence-electron chi connectivity index (χ2n) is 7.36. The summed E-state index contributed by atoms with van der Waals surface area (Å²) in [5, 5.41) is 6.39. The lowest BCUT2D eigenvalue weighted by atomic mass is 10.1. The number of esters is 1. The number of carbonyl (C=O) groups excluding carboxylic acids is 2. The van der Waals surface area contributed by atoms with E-state index in [0.717, 1.165) is 23.9 Å². The van der Waals surface area contributed by atoms with E-state index in [4.69, 9.17) is 16.6 Å². The van der Waals surface area contributed by atoms with Gasteiger partial charge >= 0.3 is 5.97 Å². The predicted molar refractivity (Wildman–Crippen MR) is 122 cm³/mol. The van der Waals surface area contributed by atoms with Crippen LogP contribution in [0.5, 0.6) is 0 Å². The van der Waals surface area contributed by atoms with Gasteiger partial charge in [0.15, 0.2) is 5.13 Å². The van der Waals surface area contributed by atoms with E-state index in [1.54, 1.807) is 52.4 Å². The number of hydrogen-bond acceptors (Lipinski definition) is 6. The van der Waals surface area contributed by atoms with Crippen LogP contribution in [0.4, 0.5) is 10.8 Å². The van der Waals surface area contributed by atoms with Crippen LogP contribution >= 0.6 is 22.9 Å². The van der Waals surface area contributed by atoms with Crippen molar-refractivity contribution in [1.82, 2.24) is 9.55 Å². The zero-order valence-electron chi connectivity index (χ0n) is 17.1. The number of piperidine rings is 1. The van der Waals surface area contributed by atoms with Crippen LogP contribution in [-0.4, -0.2) is 41.6 Å². The van der Waals surface area contributed by atoms with E-state index in [0.29, 0.717) is 28.5 Å². The Morgan fingerprint density at radius 2 is 1.94 bits per heavy atom. The second-order valence-corrected chi connectivity index (χ2v) is 8.64. The molecule has 9 heteroatoms. The summed E-state index contributed by atoms with van der Waals surface area (Å²) in [6.07, 6.45) is 5.41. The summed E-state index contributed by atoms with van der Waals surface area (Å²) < 4.78 is 6.49. The molecule has 1 aromatic carbocycles. The van der Waals surface area contributed by atoms with Gasteiger partial charge in [0.05, 0.1) is 29.9 Å². The maximum Gasteiger partial charge on any atom is 0.337 e. The molecule has 0 saturated carbocycles. The van der Waals surface area contributed by atoms with Crippen molar-refractivity contribution < 1.29 is 14.3 Å². The fourth-order valence-electron chi connectivity index (χ4n) is 3.57. The van der Waals surface area contributed by atoms with Crippen molar-refractivity contribution >= 4 is 45.6 Å². The number of nitrogens with one attached hydrogen (secondary N) is 1. The minimum atomic E-state index is -0.425. The average molecular weight is 459 g/mol. The highest BCUT2D eigenvalue weighted by atomic mass is 35.5. The van der Waals surface area contributed by atoms with Gasteiger partial charge in [-0.25, -0.2) is 9.78 Å². The molecule has 0 unspecified atom stereocenters. The fraction of sp³-hybridized carbons (Fsp3) is 0.318. The fourth-order valence-corrected chi connectivity index (χ4v) is 4.66. The molecule has 1 N–H and O–H groups in total. The number of carbonyl (C=O) groups is 2. The first-order valence-electron chi connectivity index (χ1n) is 10.1. The van der Waals surface area contributed by atoms with Gasteiger partial charge in [0.1, 0.15) is 5.69 Å². The van der Waals surface area contributed by atoms with Gasteiger partial charge < -0.3 is 19.5 Å². The number of benzene rings is 1. The second kappa shape index (κ2) is 9.53. The number of aromatic nitrogens is 2. The van der Waals surface area contributed by atoms with Gasteiger partial charge in [-0.1, -0.05) is 11.6 Å². The van der Waals surface area contributed by atoms with Gasteiger partial charge in [-0.3, -0.25) is 4.79 Å². The number of ether oxygens (including phenoxy) is 1. The van der Waals surface area contributed by atoms with Crippen molar-refractivity contribution in [2.24, 2.45) is 0 Å². The molecule has 31 heavy (non-hydrogen) atoms. The van der Waals surface area contributed by atoms with Crippen molar-refractivity contribution in [2.75, 3.05) is 30.4 Å².